The molecule has 3 rings (SSSR count). The van der Waals surface area contributed by atoms with Gasteiger partial charge in [0.2, 0.25) is 0 Å². The fourth-order valence-corrected chi connectivity index (χ4v) is 3.54. The normalized spacial score (nSPS) is 31.9. The first-order chi connectivity index (χ1) is 7.87. The third-order valence-electron chi connectivity index (χ3n) is 4.43. The number of rotatable bonds is 1. The molecule has 0 unspecified atom stereocenters. The molecule has 0 radical (unpaired) electrons. The van der Waals surface area contributed by atoms with Crippen LogP contribution in [0.5, 0.6) is 0 Å². The molecule has 1 heteroatoms. The molecule has 2 aliphatic rings. The molecule has 1 N–H and O–H groups in total. The maximum absolute atomic E-state index is 3.62. The lowest BCUT2D eigenvalue weighted by molar-refractivity contribution is 0.187. The fraction of sp³-hybridized carbons (Fsp3) is 0.467. The van der Waals surface area contributed by atoms with Crippen LogP contribution in [0.1, 0.15) is 30.4 Å². The highest BCUT2D eigenvalue weighted by Crippen LogP contribution is 2.45. The van der Waals surface area contributed by atoms with Crippen LogP contribution in [0.15, 0.2) is 36.4 Å². The van der Waals surface area contributed by atoms with Crippen LogP contribution in [0, 0.1) is 5.92 Å². The van der Waals surface area contributed by atoms with E-state index in [0.717, 1.165) is 12.3 Å². The van der Waals surface area contributed by atoms with Gasteiger partial charge in [-0.3, -0.25) is 0 Å². The molecule has 1 aromatic carbocycles. The van der Waals surface area contributed by atoms with Crippen molar-refractivity contribution in [1.82, 2.24) is 5.32 Å². The molecule has 2 aliphatic carbocycles. The molecule has 84 valence electrons. The quantitative estimate of drug-likeness (QED) is 0.707. The van der Waals surface area contributed by atoms with Crippen LogP contribution in [0.2, 0.25) is 0 Å². The number of hydrogen-bond acceptors (Lipinski definition) is 1. The van der Waals surface area contributed by atoms with Crippen LogP contribution in [0.4, 0.5) is 0 Å². The molecular formula is C15H19N. The Morgan fingerprint density at radius 1 is 1.25 bits per heavy atom. The SMILES string of the molecule is CN[C@]12CC=CC[C@H]1CCc1ccccc12. The molecule has 1 nitrogen and oxygen atoms in total. The lowest BCUT2D eigenvalue weighted by Crippen LogP contribution is -2.50. The van der Waals surface area contributed by atoms with E-state index >= 15 is 0 Å². The third kappa shape index (κ3) is 1.28. The van der Waals surface area contributed by atoms with Gasteiger partial charge in [0, 0.05) is 0 Å². The fourth-order valence-electron chi connectivity index (χ4n) is 3.54. The summed E-state index contributed by atoms with van der Waals surface area (Å²) in [5.74, 6) is 0.775. The van der Waals surface area contributed by atoms with Gasteiger partial charge in [-0.1, -0.05) is 36.4 Å². The summed E-state index contributed by atoms with van der Waals surface area (Å²) < 4.78 is 0. The number of allylic oxidation sites excluding steroid dienone is 1. The summed E-state index contributed by atoms with van der Waals surface area (Å²) in [4.78, 5) is 0. The van der Waals surface area contributed by atoms with E-state index in [0.29, 0.717) is 0 Å². The second-order valence-corrected chi connectivity index (χ2v) is 5.03. The molecule has 16 heavy (non-hydrogen) atoms. The van der Waals surface area contributed by atoms with Crippen LogP contribution in [-0.2, 0) is 12.0 Å². The zero-order chi connectivity index (χ0) is 11.0. The number of hydrogen-bond donors (Lipinski definition) is 1. The monoisotopic (exact) mass is 213 g/mol. The number of nitrogens with one attached hydrogen (secondary N) is 1. The van der Waals surface area contributed by atoms with Crippen LogP contribution < -0.4 is 5.32 Å². The number of benzene rings is 1. The van der Waals surface area contributed by atoms with Crippen LogP contribution in [0.25, 0.3) is 0 Å². The largest absolute Gasteiger partial charge is 0.310 e. The first-order valence-electron chi connectivity index (χ1n) is 6.29. The minimum absolute atomic E-state index is 0.212. The van der Waals surface area contributed by atoms with Gasteiger partial charge in [0.05, 0.1) is 5.54 Å². The van der Waals surface area contributed by atoms with Crippen molar-refractivity contribution >= 4 is 0 Å². The van der Waals surface area contributed by atoms with Crippen molar-refractivity contribution in [3.05, 3.63) is 47.5 Å². The van der Waals surface area contributed by atoms with Gasteiger partial charge in [0.1, 0.15) is 0 Å². The zero-order valence-corrected chi connectivity index (χ0v) is 9.87. The lowest BCUT2D eigenvalue weighted by atomic mass is 9.64. The summed E-state index contributed by atoms with van der Waals surface area (Å²) in [6.45, 7) is 0. The van der Waals surface area contributed by atoms with Gasteiger partial charge in [-0.05, 0) is 49.8 Å². The highest BCUT2D eigenvalue weighted by Gasteiger charge is 2.42. The van der Waals surface area contributed by atoms with E-state index in [4.69, 9.17) is 0 Å². The molecule has 0 amide bonds. The van der Waals surface area contributed by atoms with Gasteiger partial charge in [-0.2, -0.15) is 0 Å². The van der Waals surface area contributed by atoms with E-state index in [1.165, 1.54) is 24.8 Å². The van der Waals surface area contributed by atoms with Crippen molar-refractivity contribution < 1.29 is 0 Å². The Morgan fingerprint density at radius 2 is 2.12 bits per heavy atom. The van der Waals surface area contributed by atoms with E-state index in [-0.39, 0.29) is 5.54 Å². The molecule has 0 saturated heterocycles. The Morgan fingerprint density at radius 3 is 3.00 bits per heavy atom. The minimum Gasteiger partial charge on any atom is -0.310 e. The van der Waals surface area contributed by atoms with Crippen molar-refractivity contribution in [3.63, 3.8) is 0 Å². The van der Waals surface area contributed by atoms with E-state index in [1.807, 2.05) is 0 Å². The van der Waals surface area contributed by atoms with Gasteiger partial charge in [-0.15, -0.1) is 0 Å². The van der Waals surface area contributed by atoms with E-state index in [9.17, 15) is 0 Å². The maximum atomic E-state index is 3.62. The summed E-state index contributed by atoms with van der Waals surface area (Å²) in [5.41, 5.74) is 3.30. The van der Waals surface area contributed by atoms with E-state index in [1.54, 1.807) is 5.56 Å². The maximum Gasteiger partial charge on any atom is 0.0501 e. The molecular weight excluding hydrogens is 194 g/mol. The highest BCUT2D eigenvalue weighted by molar-refractivity contribution is 5.39. The second kappa shape index (κ2) is 3.74. The summed E-state index contributed by atoms with van der Waals surface area (Å²) in [7, 11) is 2.12. The summed E-state index contributed by atoms with van der Waals surface area (Å²) >= 11 is 0. The van der Waals surface area contributed by atoms with Crippen LogP contribution in [-0.4, -0.2) is 7.05 Å². The van der Waals surface area contributed by atoms with Gasteiger partial charge in [0.15, 0.2) is 0 Å². The van der Waals surface area contributed by atoms with Crippen molar-refractivity contribution in [1.29, 1.82) is 0 Å². The van der Waals surface area contributed by atoms with Crippen molar-refractivity contribution in [2.24, 2.45) is 5.92 Å². The predicted octanol–water partition coefficient (Wildman–Crippen LogP) is 3.01. The smallest absolute Gasteiger partial charge is 0.0501 e. The molecule has 0 fully saturated rings. The van der Waals surface area contributed by atoms with Gasteiger partial charge in [0.25, 0.3) is 0 Å². The Labute approximate surface area is 97.6 Å². The molecule has 2 atom stereocenters. The Hall–Kier alpha value is -1.08. The Kier molecular flexibility index (Phi) is 2.36. The van der Waals surface area contributed by atoms with E-state index in [2.05, 4.69) is 48.8 Å². The van der Waals surface area contributed by atoms with Gasteiger partial charge >= 0.3 is 0 Å². The third-order valence-corrected chi connectivity index (χ3v) is 4.43. The molecule has 0 heterocycles. The number of aryl methyl sites for hydroxylation is 1. The van der Waals surface area contributed by atoms with Crippen molar-refractivity contribution in [3.8, 4) is 0 Å². The summed E-state index contributed by atoms with van der Waals surface area (Å²) in [6, 6.07) is 8.96. The second-order valence-electron chi connectivity index (χ2n) is 5.03. The van der Waals surface area contributed by atoms with Crippen molar-refractivity contribution in [2.45, 2.75) is 31.2 Å². The average Bonchev–Trinajstić information content (AvgIpc) is 2.38. The Bertz CT molecular complexity index is 421. The summed E-state index contributed by atoms with van der Waals surface area (Å²) in [6.07, 6.45) is 9.64. The topological polar surface area (TPSA) is 12.0 Å². The first kappa shape index (κ1) is 10.1. The zero-order valence-electron chi connectivity index (χ0n) is 9.87. The predicted molar refractivity (Wildman–Crippen MR) is 67.4 cm³/mol. The minimum atomic E-state index is 0.212. The van der Waals surface area contributed by atoms with E-state index < -0.39 is 0 Å². The molecule has 0 saturated carbocycles. The molecule has 0 aromatic heterocycles. The van der Waals surface area contributed by atoms with Gasteiger partial charge in [-0.25, -0.2) is 0 Å². The summed E-state index contributed by atoms with van der Waals surface area (Å²) in [5, 5.41) is 3.62. The standard InChI is InChI=1S/C15H19N/c1-16-15-11-5-4-7-13(15)10-9-12-6-2-3-8-14(12)15/h2-6,8,13,16H,7,9-11H2,1H3/t13-,15+/m0/s1. The average molecular weight is 213 g/mol. The van der Waals surface area contributed by atoms with Crippen LogP contribution >= 0.6 is 0 Å². The lowest BCUT2D eigenvalue weighted by Gasteiger charge is -2.47. The molecule has 0 spiro atoms. The molecule has 0 bridgehead atoms. The molecule has 0 aliphatic heterocycles. The van der Waals surface area contributed by atoms with Crippen LogP contribution in [0.3, 0.4) is 0 Å². The molecule has 1 aromatic rings. The van der Waals surface area contributed by atoms with Crippen molar-refractivity contribution in [2.75, 3.05) is 7.05 Å². The Balaban J connectivity index is 2.15. The highest BCUT2D eigenvalue weighted by atomic mass is 15.0. The first-order valence-corrected chi connectivity index (χ1v) is 6.29. The van der Waals surface area contributed by atoms with Gasteiger partial charge < -0.3 is 5.32 Å². The number of fused-ring (bicyclic) bond motifs is 3.